The third kappa shape index (κ3) is 3.63. The van der Waals surface area contributed by atoms with E-state index in [4.69, 9.17) is 27.9 Å². The molecule has 5 nitrogen and oxygen atoms in total. The zero-order valence-electron chi connectivity index (χ0n) is 13.4. The van der Waals surface area contributed by atoms with Crippen LogP contribution in [0, 0.1) is 6.92 Å². The molecule has 2 N–H and O–H groups in total. The fourth-order valence-electron chi connectivity index (χ4n) is 2.23. The van der Waals surface area contributed by atoms with Gasteiger partial charge in [-0.1, -0.05) is 29.3 Å². The van der Waals surface area contributed by atoms with Crippen molar-refractivity contribution in [2.45, 2.75) is 6.92 Å². The smallest absolute Gasteiger partial charge is 0.255 e. The monoisotopic (exact) mass is 366 g/mol. The van der Waals surface area contributed by atoms with Crippen LogP contribution in [-0.2, 0) is 0 Å². The van der Waals surface area contributed by atoms with Crippen LogP contribution < -0.4 is 15.4 Å². The molecule has 2 rings (SSSR count). The van der Waals surface area contributed by atoms with Crippen molar-refractivity contribution in [3.8, 4) is 5.75 Å². The molecule has 7 heteroatoms. The van der Waals surface area contributed by atoms with Crippen LogP contribution in [0.5, 0.6) is 5.75 Å². The van der Waals surface area contributed by atoms with Gasteiger partial charge in [0.15, 0.2) is 5.75 Å². The molecular weight excluding hydrogens is 351 g/mol. The fraction of sp³-hybridized carbons (Fsp3) is 0.176. The lowest BCUT2D eigenvalue weighted by atomic mass is 10.1. The van der Waals surface area contributed by atoms with Gasteiger partial charge in [0.2, 0.25) is 0 Å². The SMILES string of the molecule is CNC(=O)c1cccc(NC(=O)c2cc(Cl)c(OC)c(Cl)c2)c1C. The Morgan fingerprint density at radius 1 is 1.08 bits per heavy atom. The molecule has 0 aliphatic rings. The number of hydrogen-bond donors (Lipinski definition) is 2. The number of ether oxygens (including phenoxy) is 1. The van der Waals surface area contributed by atoms with Gasteiger partial charge in [0.05, 0.1) is 17.2 Å². The van der Waals surface area contributed by atoms with Gasteiger partial charge in [-0.25, -0.2) is 0 Å². The maximum atomic E-state index is 12.5. The molecule has 0 spiro atoms. The molecule has 0 aromatic heterocycles. The summed E-state index contributed by atoms with van der Waals surface area (Å²) in [5.74, 6) is -0.301. The van der Waals surface area contributed by atoms with Gasteiger partial charge in [-0.3, -0.25) is 9.59 Å². The Bertz CT molecular complexity index is 783. The fourth-order valence-corrected chi connectivity index (χ4v) is 2.87. The van der Waals surface area contributed by atoms with Gasteiger partial charge in [-0.05, 0) is 36.8 Å². The van der Waals surface area contributed by atoms with Gasteiger partial charge < -0.3 is 15.4 Å². The van der Waals surface area contributed by atoms with Crippen molar-refractivity contribution in [3.63, 3.8) is 0 Å². The zero-order chi connectivity index (χ0) is 17.9. The average Bonchev–Trinajstić information content (AvgIpc) is 2.55. The standard InChI is InChI=1S/C17H16Cl2N2O3/c1-9-11(17(23)20-2)5-4-6-14(9)21-16(22)10-7-12(18)15(24-3)13(19)8-10/h4-8H,1-3H3,(H,20,23)(H,21,22). The largest absolute Gasteiger partial charge is 0.494 e. The van der Waals surface area contributed by atoms with Crippen LogP contribution in [0.4, 0.5) is 5.69 Å². The first-order chi connectivity index (χ1) is 11.4. The lowest BCUT2D eigenvalue weighted by molar-refractivity contribution is 0.0960. The number of rotatable bonds is 4. The summed E-state index contributed by atoms with van der Waals surface area (Å²) in [5, 5.41) is 5.81. The second-order valence-electron chi connectivity index (χ2n) is 4.98. The van der Waals surface area contributed by atoms with Crippen LogP contribution >= 0.6 is 23.2 Å². The van der Waals surface area contributed by atoms with Crippen molar-refractivity contribution in [2.75, 3.05) is 19.5 Å². The highest BCUT2D eigenvalue weighted by atomic mass is 35.5. The Balaban J connectivity index is 2.32. The van der Waals surface area contributed by atoms with Gasteiger partial charge in [0, 0.05) is 23.9 Å². The summed E-state index contributed by atoms with van der Waals surface area (Å²) in [7, 11) is 2.99. The molecule has 0 heterocycles. The topological polar surface area (TPSA) is 67.4 Å². The highest BCUT2D eigenvalue weighted by Gasteiger charge is 2.16. The maximum absolute atomic E-state index is 12.5. The Morgan fingerprint density at radius 2 is 1.71 bits per heavy atom. The van der Waals surface area contributed by atoms with Crippen LogP contribution in [0.1, 0.15) is 26.3 Å². The summed E-state index contributed by atoms with van der Waals surface area (Å²) in [5.41, 5.74) is 1.97. The molecule has 24 heavy (non-hydrogen) atoms. The summed E-state index contributed by atoms with van der Waals surface area (Å²) < 4.78 is 5.06. The lowest BCUT2D eigenvalue weighted by Crippen LogP contribution is -2.20. The molecule has 0 bridgehead atoms. The molecule has 0 fully saturated rings. The van der Waals surface area contributed by atoms with E-state index in [0.29, 0.717) is 22.6 Å². The Labute approximate surface area is 149 Å². The molecule has 0 saturated heterocycles. The molecule has 0 atom stereocenters. The average molecular weight is 367 g/mol. The summed E-state index contributed by atoms with van der Waals surface area (Å²) in [6.45, 7) is 1.76. The van der Waals surface area contributed by atoms with Crippen molar-refractivity contribution in [2.24, 2.45) is 0 Å². The van der Waals surface area contributed by atoms with Crippen LogP contribution in [-0.4, -0.2) is 26.0 Å². The molecular formula is C17H16Cl2N2O3. The van der Waals surface area contributed by atoms with Crippen molar-refractivity contribution < 1.29 is 14.3 Å². The summed E-state index contributed by atoms with van der Waals surface area (Å²) >= 11 is 12.1. The number of nitrogens with one attached hydrogen (secondary N) is 2. The van der Waals surface area contributed by atoms with E-state index in [1.165, 1.54) is 19.2 Å². The third-order valence-electron chi connectivity index (χ3n) is 3.52. The van der Waals surface area contributed by atoms with Crippen LogP contribution in [0.25, 0.3) is 0 Å². The van der Waals surface area contributed by atoms with Crippen molar-refractivity contribution in [1.29, 1.82) is 0 Å². The number of carbonyl (C=O) groups excluding carboxylic acids is 2. The van der Waals surface area contributed by atoms with Crippen molar-refractivity contribution >= 4 is 40.7 Å². The Hall–Kier alpha value is -2.24. The second kappa shape index (κ2) is 7.55. The first-order valence-corrected chi connectivity index (χ1v) is 7.80. The molecule has 0 saturated carbocycles. The van der Waals surface area contributed by atoms with Crippen LogP contribution in [0.2, 0.25) is 10.0 Å². The lowest BCUT2D eigenvalue weighted by Gasteiger charge is -2.13. The quantitative estimate of drug-likeness (QED) is 0.861. The van der Waals surface area contributed by atoms with E-state index < -0.39 is 5.91 Å². The Kier molecular flexibility index (Phi) is 5.70. The Morgan fingerprint density at radius 3 is 2.25 bits per heavy atom. The van der Waals surface area contributed by atoms with Crippen LogP contribution in [0.15, 0.2) is 30.3 Å². The van der Waals surface area contributed by atoms with Crippen LogP contribution in [0.3, 0.4) is 0 Å². The maximum Gasteiger partial charge on any atom is 0.255 e. The van der Waals surface area contributed by atoms with Gasteiger partial charge >= 0.3 is 0 Å². The molecule has 126 valence electrons. The van der Waals surface area contributed by atoms with E-state index in [0.717, 1.165) is 0 Å². The number of carbonyl (C=O) groups is 2. The highest BCUT2D eigenvalue weighted by Crippen LogP contribution is 2.34. The molecule has 0 radical (unpaired) electrons. The van der Waals surface area contributed by atoms with E-state index in [2.05, 4.69) is 10.6 Å². The minimum atomic E-state index is -0.390. The van der Waals surface area contributed by atoms with Gasteiger partial charge in [0.25, 0.3) is 11.8 Å². The van der Waals surface area contributed by atoms with E-state index in [1.54, 1.807) is 32.2 Å². The van der Waals surface area contributed by atoms with Crippen molar-refractivity contribution in [3.05, 3.63) is 57.1 Å². The molecule has 2 aromatic carbocycles. The van der Waals surface area contributed by atoms with Gasteiger partial charge in [-0.2, -0.15) is 0 Å². The predicted molar refractivity (Wildman–Crippen MR) is 95.5 cm³/mol. The minimum Gasteiger partial charge on any atom is -0.494 e. The van der Waals surface area contributed by atoms with Crippen molar-refractivity contribution in [1.82, 2.24) is 5.32 Å². The normalized spacial score (nSPS) is 10.2. The molecule has 2 aromatic rings. The number of anilines is 1. The molecule has 2 amide bonds. The number of benzene rings is 2. The third-order valence-corrected chi connectivity index (χ3v) is 4.08. The summed E-state index contributed by atoms with van der Waals surface area (Å²) in [4.78, 5) is 24.3. The van der Waals surface area contributed by atoms with E-state index in [1.807, 2.05) is 0 Å². The predicted octanol–water partition coefficient (Wildman–Crippen LogP) is 3.92. The minimum absolute atomic E-state index is 0.223. The first kappa shape index (κ1) is 18.1. The molecule has 0 aliphatic carbocycles. The van der Waals surface area contributed by atoms with E-state index in [9.17, 15) is 9.59 Å². The molecule has 0 unspecified atom stereocenters. The summed E-state index contributed by atoms with van der Waals surface area (Å²) in [6.07, 6.45) is 0. The zero-order valence-corrected chi connectivity index (χ0v) is 14.9. The summed E-state index contributed by atoms with van der Waals surface area (Å²) in [6, 6.07) is 8.04. The van der Waals surface area contributed by atoms with Gasteiger partial charge in [0.1, 0.15) is 0 Å². The van der Waals surface area contributed by atoms with E-state index >= 15 is 0 Å². The second-order valence-corrected chi connectivity index (χ2v) is 5.80. The first-order valence-electron chi connectivity index (χ1n) is 7.05. The number of amides is 2. The van der Waals surface area contributed by atoms with E-state index in [-0.39, 0.29) is 21.5 Å². The number of halogens is 2. The highest BCUT2D eigenvalue weighted by molar-refractivity contribution is 6.37. The number of hydrogen-bond acceptors (Lipinski definition) is 3. The molecule has 0 aliphatic heterocycles. The number of methoxy groups -OCH3 is 1. The van der Waals surface area contributed by atoms with Gasteiger partial charge in [-0.15, -0.1) is 0 Å².